The summed E-state index contributed by atoms with van der Waals surface area (Å²) in [5, 5.41) is 33.1. The van der Waals surface area contributed by atoms with Crippen LogP contribution in [0.15, 0.2) is 0 Å². The van der Waals surface area contributed by atoms with E-state index in [0.29, 0.717) is 0 Å². The third-order valence-corrected chi connectivity index (χ3v) is 3.55. The van der Waals surface area contributed by atoms with Crippen molar-refractivity contribution in [2.24, 2.45) is 11.7 Å². The minimum absolute atomic E-state index is 0.0532. The molecule has 0 aromatic heterocycles. The number of hydrogen-bond acceptors (Lipinski definition) is 7. The predicted octanol–water partition coefficient (Wildman–Crippen LogP) is -2.52. The Kier molecular flexibility index (Phi) is 10.9. The lowest BCUT2D eigenvalue weighted by molar-refractivity contribution is -0.148. The van der Waals surface area contributed by atoms with Crippen LogP contribution in [-0.2, 0) is 28.8 Å². The van der Waals surface area contributed by atoms with Crippen LogP contribution in [0.3, 0.4) is 0 Å². The SMILES string of the molecule is CC(C)CC(NC(=O)CN)C(=O)NC(CC(=O)O)C(=O)NC(CC(=O)O)C(=O)O. The average molecular weight is 418 g/mol. The maximum absolute atomic E-state index is 12.5. The van der Waals surface area contributed by atoms with Gasteiger partial charge in [-0.25, -0.2) is 4.79 Å². The number of aliphatic carboxylic acids is 3. The largest absolute Gasteiger partial charge is 0.481 e. The van der Waals surface area contributed by atoms with Crippen molar-refractivity contribution >= 4 is 35.6 Å². The molecule has 0 bridgehead atoms. The number of nitrogens with two attached hydrogens (primary N) is 1. The van der Waals surface area contributed by atoms with Crippen LogP contribution in [0.1, 0.15) is 33.1 Å². The molecule has 0 aromatic carbocycles. The molecule has 0 aliphatic heterocycles. The first-order valence-electron chi connectivity index (χ1n) is 8.63. The van der Waals surface area contributed by atoms with Crippen LogP contribution in [0.25, 0.3) is 0 Å². The van der Waals surface area contributed by atoms with Crippen LogP contribution in [0.2, 0.25) is 0 Å². The molecule has 3 amide bonds. The topological polar surface area (TPSA) is 225 Å². The van der Waals surface area contributed by atoms with E-state index in [1.165, 1.54) is 0 Å². The van der Waals surface area contributed by atoms with Crippen LogP contribution < -0.4 is 21.7 Å². The Labute approximate surface area is 166 Å². The molecular weight excluding hydrogens is 392 g/mol. The Bertz CT molecular complexity index is 650. The van der Waals surface area contributed by atoms with Gasteiger partial charge in [-0.1, -0.05) is 13.8 Å². The van der Waals surface area contributed by atoms with Gasteiger partial charge in [0.05, 0.1) is 19.4 Å². The molecule has 3 unspecified atom stereocenters. The van der Waals surface area contributed by atoms with Gasteiger partial charge >= 0.3 is 17.9 Å². The van der Waals surface area contributed by atoms with Crippen molar-refractivity contribution in [2.45, 2.75) is 51.2 Å². The van der Waals surface area contributed by atoms with Crippen molar-refractivity contribution in [2.75, 3.05) is 6.54 Å². The third kappa shape index (κ3) is 10.6. The molecule has 0 aromatic rings. The highest BCUT2D eigenvalue weighted by Gasteiger charge is 2.31. The molecule has 8 N–H and O–H groups in total. The van der Waals surface area contributed by atoms with E-state index in [4.69, 9.17) is 21.1 Å². The summed E-state index contributed by atoms with van der Waals surface area (Å²) in [6.07, 6.45) is -1.68. The fraction of sp³-hybridized carbons (Fsp3) is 0.625. The summed E-state index contributed by atoms with van der Waals surface area (Å²) in [5.74, 6) is -7.37. The molecule has 164 valence electrons. The number of hydrogen-bond donors (Lipinski definition) is 7. The zero-order chi connectivity index (χ0) is 22.7. The van der Waals surface area contributed by atoms with Gasteiger partial charge in [-0.2, -0.15) is 0 Å². The van der Waals surface area contributed by atoms with Gasteiger partial charge in [0.1, 0.15) is 18.1 Å². The zero-order valence-corrected chi connectivity index (χ0v) is 16.0. The van der Waals surface area contributed by atoms with Crippen LogP contribution in [0, 0.1) is 5.92 Å². The molecular formula is C16H26N4O9. The zero-order valence-electron chi connectivity index (χ0n) is 16.0. The first kappa shape index (κ1) is 25.8. The second-order valence-electron chi connectivity index (χ2n) is 6.61. The van der Waals surface area contributed by atoms with Crippen molar-refractivity contribution < 1.29 is 44.1 Å². The highest BCUT2D eigenvalue weighted by molar-refractivity contribution is 5.95. The van der Waals surface area contributed by atoms with Crippen LogP contribution >= 0.6 is 0 Å². The smallest absolute Gasteiger partial charge is 0.326 e. The van der Waals surface area contributed by atoms with Crippen molar-refractivity contribution in [3.8, 4) is 0 Å². The van der Waals surface area contributed by atoms with E-state index in [1.807, 2.05) is 5.32 Å². The van der Waals surface area contributed by atoms with Gasteiger partial charge in [-0.05, 0) is 12.3 Å². The van der Waals surface area contributed by atoms with Crippen LogP contribution in [-0.4, -0.2) is 75.6 Å². The van der Waals surface area contributed by atoms with Crippen molar-refractivity contribution in [3.63, 3.8) is 0 Å². The molecule has 0 heterocycles. The first-order chi connectivity index (χ1) is 13.4. The maximum Gasteiger partial charge on any atom is 0.326 e. The lowest BCUT2D eigenvalue weighted by Gasteiger charge is -2.24. The Balaban J connectivity index is 5.41. The summed E-state index contributed by atoms with van der Waals surface area (Å²) in [6, 6.07) is -4.62. The summed E-state index contributed by atoms with van der Waals surface area (Å²) >= 11 is 0. The van der Waals surface area contributed by atoms with Crippen molar-refractivity contribution in [1.82, 2.24) is 16.0 Å². The molecule has 0 radical (unpaired) electrons. The van der Waals surface area contributed by atoms with Crippen LogP contribution in [0.4, 0.5) is 0 Å². The number of nitrogens with one attached hydrogen (secondary N) is 3. The average Bonchev–Trinajstić information content (AvgIpc) is 2.58. The highest BCUT2D eigenvalue weighted by atomic mass is 16.4. The maximum atomic E-state index is 12.5. The van der Waals surface area contributed by atoms with E-state index >= 15 is 0 Å². The predicted molar refractivity (Wildman–Crippen MR) is 96.4 cm³/mol. The molecule has 29 heavy (non-hydrogen) atoms. The Hall–Kier alpha value is -3.22. The van der Waals surface area contributed by atoms with Gasteiger partial charge in [0.15, 0.2) is 0 Å². The van der Waals surface area contributed by atoms with Gasteiger partial charge in [0, 0.05) is 0 Å². The summed E-state index contributed by atoms with van der Waals surface area (Å²) in [7, 11) is 0. The quantitative estimate of drug-likeness (QED) is 0.166. The number of carboxylic acid groups (broad SMARTS) is 3. The molecule has 13 heteroatoms. The van der Waals surface area contributed by atoms with Crippen LogP contribution in [0.5, 0.6) is 0 Å². The molecule has 13 nitrogen and oxygen atoms in total. The monoisotopic (exact) mass is 418 g/mol. The van der Waals surface area contributed by atoms with E-state index in [9.17, 15) is 28.8 Å². The third-order valence-electron chi connectivity index (χ3n) is 3.55. The Morgan fingerprint density at radius 1 is 0.759 bits per heavy atom. The summed E-state index contributed by atoms with van der Waals surface area (Å²) < 4.78 is 0. The molecule has 0 aliphatic carbocycles. The van der Waals surface area contributed by atoms with Gasteiger partial charge in [0.25, 0.3) is 0 Å². The molecule has 0 saturated carbocycles. The fourth-order valence-corrected chi connectivity index (χ4v) is 2.26. The molecule has 0 rings (SSSR count). The lowest BCUT2D eigenvalue weighted by atomic mass is 10.0. The number of carbonyl (C=O) groups excluding carboxylic acids is 3. The van der Waals surface area contributed by atoms with Crippen molar-refractivity contribution in [3.05, 3.63) is 0 Å². The second kappa shape index (κ2) is 12.3. The summed E-state index contributed by atoms with van der Waals surface area (Å²) in [5.41, 5.74) is 5.20. The van der Waals surface area contributed by atoms with E-state index in [2.05, 4.69) is 10.6 Å². The molecule has 0 aliphatic rings. The lowest BCUT2D eigenvalue weighted by Crippen LogP contribution is -2.57. The highest BCUT2D eigenvalue weighted by Crippen LogP contribution is 2.06. The van der Waals surface area contributed by atoms with E-state index in [0.717, 1.165) is 0 Å². The Morgan fingerprint density at radius 2 is 1.21 bits per heavy atom. The Morgan fingerprint density at radius 3 is 1.62 bits per heavy atom. The van der Waals surface area contributed by atoms with E-state index in [-0.39, 0.29) is 12.3 Å². The van der Waals surface area contributed by atoms with Gasteiger partial charge < -0.3 is 37.0 Å². The number of carbonyl (C=O) groups is 6. The summed E-state index contributed by atoms with van der Waals surface area (Å²) in [6.45, 7) is 3.13. The minimum Gasteiger partial charge on any atom is -0.481 e. The molecule has 3 atom stereocenters. The summed E-state index contributed by atoms with van der Waals surface area (Å²) in [4.78, 5) is 69.1. The molecule has 0 saturated heterocycles. The van der Waals surface area contributed by atoms with Gasteiger partial charge in [-0.3, -0.25) is 24.0 Å². The van der Waals surface area contributed by atoms with Crippen molar-refractivity contribution in [1.29, 1.82) is 0 Å². The first-order valence-corrected chi connectivity index (χ1v) is 8.63. The van der Waals surface area contributed by atoms with E-state index in [1.54, 1.807) is 13.8 Å². The molecule has 0 fully saturated rings. The molecule has 0 spiro atoms. The number of carboxylic acids is 3. The number of rotatable bonds is 13. The normalized spacial score (nSPS) is 13.7. The van der Waals surface area contributed by atoms with E-state index < -0.39 is 73.1 Å². The van der Waals surface area contributed by atoms with Gasteiger partial charge in [0.2, 0.25) is 17.7 Å². The minimum atomic E-state index is -1.82. The number of amides is 3. The fourth-order valence-electron chi connectivity index (χ4n) is 2.26. The standard InChI is InChI=1S/C16H26N4O9/c1-7(2)3-8(18-11(21)6-17)14(26)19-9(4-12(22)23)15(27)20-10(16(28)29)5-13(24)25/h7-10H,3-6,17H2,1-2H3,(H,18,21)(H,19,26)(H,20,27)(H,22,23)(H,24,25)(H,28,29). The van der Waals surface area contributed by atoms with Gasteiger partial charge in [-0.15, -0.1) is 0 Å². The second-order valence-corrected chi connectivity index (χ2v) is 6.61.